The average molecular weight is 791 g/mol. The van der Waals surface area contributed by atoms with Crippen LogP contribution >= 0.6 is 0 Å². The molecular weight excluding hydrogens is 725 g/mol. The van der Waals surface area contributed by atoms with E-state index < -0.39 is 5.97 Å². The van der Waals surface area contributed by atoms with E-state index in [0.29, 0.717) is 62.2 Å². The van der Waals surface area contributed by atoms with E-state index in [1.165, 1.54) is 60.8 Å². The van der Waals surface area contributed by atoms with Crippen LogP contribution in [0.15, 0.2) is 27.2 Å². The van der Waals surface area contributed by atoms with E-state index in [0.717, 1.165) is 77.8 Å². The van der Waals surface area contributed by atoms with Crippen molar-refractivity contribution in [3.05, 3.63) is 68.9 Å². The lowest BCUT2D eigenvalue weighted by atomic mass is 9.69. The van der Waals surface area contributed by atoms with Crippen molar-refractivity contribution in [3.8, 4) is 12.1 Å². The summed E-state index contributed by atoms with van der Waals surface area (Å²) >= 11 is 0. The number of aliphatic carboxylic acids is 1. The summed E-state index contributed by atoms with van der Waals surface area (Å²) in [6.45, 7) is 13.3. The fourth-order valence-corrected chi connectivity index (χ4v) is 9.97. The Bertz CT molecular complexity index is 1940. The summed E-state index contributed by atoms with van der Waals surface area (Å²) in [6.07, 6.45) is 14.8. The number of Topliss-reactive ketones (excluding diaryl/α,β-unsaturated/α-hetero) is 1. The summed E-state index contributed by atoms with van der Waals surface area (Å²) < 4.78 is 11.8. The number of nitriles is 2. The number of carboxylic acids is 1. The molecule has 9 nitrogen and oxygen atoms in total. The summed E-state index contributed by atoms with van der Waals surface area (Å²) in [7, 11) is 0. The minimum Gasteiger partial charge on any atom is -0.481 e. The zero-order valence-electron chi connectivity index (χ0n) is 35.9. The Morgan fingerprint density at radius 1 is 0.741 bits per heavy atom. The van der Waals surface area contributed by atoms with Gasteiger partial charge in [-0.2, -0.15) is 10.5 Å². The summed E-state index contributed by atoms with van der Waals surface area (Å²) in [5, 5.41) is 36.3. The van der Waals surface area contributed by atoms with Crippen LogP contribution in [-0.4, -0.2) is 27.2 Å². The van der Waals surface area contributed by atoms with Crippen LogP contribution < -0.4 is 0 Å². The Morgan fingerprint density at radius 2 is 1.21 bits per heavy atom. The topological polar surface area (TPSA) is 154 Å². The number of carbonyl (C=O) groups is 2. The molecule has 2 aromatic heterocycles. The van der Waals surface area contributed by atoms with Crippen LogP contribution in [-0.2, 0) is 16.0 Å². The number of hydrogen-bond acceptors (Lipinski definition) is 8. The normalized spacial score (nSPS) is 22.2. The van der Waals surface area contributed by atoms with E-state index in [2.05, 4.69) is 82.2 Å². The Labute approximate surface area is 346 Å². The second-order valence-corrected chi connectivity index (χ2v) is 19.3. The van der Waals surface area contributed by atoms with Gasteiger partial charge in [0.15, 0.2) is 0 Å². The van der Waals surface area contributed by atoms with E-state index in [9.17, 15) is 20.0 Å². The molecule has 1 aromatic carbocycles. The van der Waals surface area contributed by atoms with Crippen LogP contribution in [0.4, 0.5) is 0 Å². The average Bonchev–Trinajstić information content (AvgIpc) is 4.07. The third-order valence-corrected chi connectivity index (χ3v) is 13.1. The van der Waals surface area contributed by atoms with Crippen molar-refractivity contribution in [1.29, 1.82) is 10.5 Å². The Balaban J connectivity index is 0.000000203. The molecule has 7 rings (SSSR count). The Kier molecular flexibility index (Phi) is 14.7. The van der Waals surface area contributed by atoms with Crippen molar-refractivity contribution in [2.24, 2.45) is 23.7 Å². The van der Waals surface area contributed by atoms with Crippen LogP contribution in [0.3, 0.4) is 0 Å². The van der Waals surface area contributed by atoms with Crippen molar-refractivity contribution in [3.63, 3.8) is 0 Å². The first-order chi connectivity index (χ1) is 27.8. The predicted octanol–water partition coefficient (Wildman–Crippen LogP) is 12.3. The molecule has 0 aliphatic heterocycles. The Morgan fingerprint density at radius 3 is 1.60 bits per heavy atom. The molecule has 1 N–H and O–H groups in total. The van der Waals surface area contributed by atoms with Crippen molar-refractivity contribution in [1.82, 2.24) is 10.3 Å². The molecule has 3 aromatic rings. The highest BCUT2D eigenvalue weighted by molar-refractivity contribution is 5.82. The molecular formula is C49H66N4O5. The van der Waals surface area contributed by atoms with E-state index in [1.54, 1.807) is 0 Å². The highest BCUT2D eigenvalue weighted by Gasteiger charge is 2.43. The van der Waals surface area contributed by atoms with E-state index in [-0.39, 0.29) is 24.0 Å². The molecule has 0 radical (unpaired) electrons. The number of carbonyl (C=O) groups excluding carboxylic acids is 1. The van der Waals surface area contributed by atoms with Crippen molar-refractivity contribution >= 4 is 11.8 Å². The highest BCUT2D eigenvalue weighted by atomic mass is 16.5. The standard InChI is InChI=1S/C29H38N2O2.C20H28N2O3/c1-18(2)12-21-14-25(15-21)29-27(22-9-10-22)28(31-33-29)24(6-5-11-30)17-26(32)16-23-8-7-19(3)13-20(23)4;1-12(2)8-13-9-16(10-13)20-18(14-5-6-14)19(22-25-20)15(4-3-7-21)11-17(23)24/h7-8,13,18,21-22,24-25H,5-6,9-10,12,14-17H2,1-4H3;12-16H,3-6,8-11H2,1-2H3,(H,23,24)/t21?,24-,25?;13?,15-,16?/m00/s1. The van der Waals surface area contributed by atoms with Gasteiger partial charge < -0.3 is 14.2 Å². The maximum Gasteiger partial charge on any atom is 0.304 e. The summed E-state index contributed by atoms with van der Waals surface area (Å²) in [4.78, 5) is 24.4. The molecule has 312 valence electrons. The number of hydrogen-bond donors (Lipinski definition) is 1. The minimum atomic E-state index is -0.838. The summed E-state index contributed by atoms with van der Waals surface area (Å²) in [5.41, 5.74) is 7.76. The van der Waals surface area contributed by atoms with Gasteiger partial charge in [-0.05, 0) is 138 Å². The molecule has 4 fully saturated rings. The van der Waals surface area contributed by atoms with Gasteiger partial charge in [-0.25, -0.2) is 0 Å². The quantitative estimate of drug-likeness (QED) is 0.118. The third kappa shape index (κ3) is 11.3. The number of rotatable bonds is 20. The zero-order valence-corrected chi connectivity index (χ0v) is 35.9. The van der Waals surface area contributed by atoms with Gasteiger partial charge in [0.1, 0.15) is 17.3 Å². The molecule has 4 saturated carbocycles. The first-order valence-corrected chi connectivity index (χ1v) is 22.4. The summed E-state index contributed by atoms with van der Waals surface area (Å²) in [5.74, 6) is 6.24. The van der Waals surface area contributed by atoms with Gasteiger partial charge in [0, 0.05) is 60.5 Å². The maximum atomic E-state index is 13.1. The highest BCUT2D eigenvalue weighted by Crippen LogP contribution is 2.54. The van der Waals surface area contributed by atoms with E-state index >= 15 is 0 Å². The molecule has 2 heterocycles. The molecule has 9 heteroatoms. The van der Waals surface area contributed by atoms with Gasteiger partial charge in [-0.1, -0.05) is 61.8 Å². The molecule has 0 saturated heterocycles. The van der Waals surface area contributed by atoms with Gasteiger partial charge >= 0.3 is 5.97 Å². The fraction of sp³-hybridized carbons (Fsp3) is 0.673. The summed E-state index contributed by atoms with van der Waals surface area (Å²) in [6, 6.07) is 10.7. The van der Waals surface area contributed by atoms with Crippen LogP contribution in [0.5, 0.6) is 0 Å². The lowest BCUT2D eigenvalue weighted by Crippen LogP contribution is -2.23. The lowest BCUT2D eigenvalue weighted by Gasteiger charge is -2.35. The van der Waals surface area contributed by atoms with Crippen LogP contribution in [0.2, 0.25) is 0 Å². The van der Waals surface area contributed by atoms with Gasteiger partial charge in [-0.3, -0.25) is 9.59 Å². The zero-order chi connectivity index (χ0) is 41.5. The number of benzene rings is 1. The molecule has 0 unspecified atom stereocenters. The monoisotopic (exact) mass is 791 g/mol. The largest absolute Gasteiger partial charge is 0.481 e. The SMILES string of the molecule is CC(C)CC1CC(c2onc([C@@H](CCC#N)CC(=O)O)c2C2CC2)C1.Cc1ccc(CC(=O)C[C@H](CCC#N)c2noc(C3CC(CC(C)C)C3)c2C2CC2)c(C)c1. The number of nitrogens with zero attached hydrogens (tertiary/aromatic N) is 4. The smallest absolute Gasteiger partial charge is 0.304 e. The molecule has 0 bridgehead atoms. The van der Waals surface area contributed by atoms with Gasteiger partial charge in [0.05, 0.1) is 29.9 Å². The predicted molar refractivity (Wildman–Crippen MR) is 223 cm³/mol. The van der Waals surface area contributed by atoms with Crippen molar-refractivity contribution in [2.45, 2.75) is 186 Å². The van der Waals surface area contributed by atoms with Crippen LogP contribution in [0.1, 0.15) is 217 Å². The van der Waals surface area contributed by atoms with Gasteiger partial charge in [0.2, 0.25) is 0 Å². The second kappa shape index (κ2) is 19.7. The molecule has 0 amide bonds. The maximum absolute atomic E-state index is 13.1. The first-order valence-electron chi connectivity index (χ1n) is 22.4. The van der Waals surface area contributed by atoms with Crippen LogP contribution in [0, 0.1) is 60.2 Å². The Hall–Kier alpha value is -4.24. The van der Waals surface area contributed by atoms with E-state index in [4.69, 9.17) is 14.3 Å². The first kappa shape index (κ1) is 43.3. The fourth-order valence-electron chi connectivity index (χ4n) is 9.97. The lowest BCUT2D eigenvalue weighted by molar-refractivity contribution is -0.137. The van der Waals surface area contributed by atoms with Gasteiger partial charge in [0.25, 0.3) is 0 Å². The molecule has 4 aliphatic rings. The molecule has 2 atom stereocenters. The number of ketones is 1. The van der Waals surface area contributed by atoms with Crippen molar-refractivity contribution < 1.29 is 23.7 Å². The molecule has 4 aliphatic carbocycles. The number of aryl methyl sites for hydroxylation is 2. The molecule has 0 spiro atoms. The van der Waals surface area contributed by atoms with E-state index in [1.807, 2.05) is 0 Å². The van der Waals surface area contributed by atoms with Crippen molar-refractivity contribution in [2.75, 3.05) is 0 Å². The molecule has 58 heavy (non-hydrogen) atoms. The number of carboxylic acid groups (broad SMARTS) is 1. The number of aromatic nitrogens is 2. The van der Waals surface area contributed by atoms with Crippen LogP contribution in [0.25, 0.3) is 0 Å². The second-order valence-electron chi connectivity index (χ2n) is 19.3. The third-order valence-electron chi connectivity index (χ3n) is 13.1. The minimum absolute atomic E-state index is 0.0218. The van der Waals surface area contributed by atoms with Gasteiger partial charge in [-0.15, -0.1) is 0 Å².